The van der Waals surface area contributed by atoms with E-state index in [1.54, 1.807) is 22.9 Å². The van der Waals surface area contributed by atoms with Crippen LogP contribution in [-0.2, 0) is 25.5 Å². The summed E-state index contributed by atoms with van der Waals surface area (Å²) in [5, 5.41) is 7.95. The Kier molecular flexibility index (Phi) is 7.81. The summed E-state index contributed by atoms with van der Waals surface area (Å²) in [7, 11) is 5.85. The minimum atomic E-state index is -0.595. The highest BCUT2D eigenvalue weighted by atomic mass is 16.6. The van der Waals surface area contributed by atoms with Crippen molar-refractivity contribution in [3.05, 3.63) is 40.7 Å². The molecule has 2 aromatic rings. The number of likely N-dealkylation sites (N-methyl/N-ethyl adjacent to an activating group) is 1. The topological polar surface area (TPSA) is 143 Å². The van der Waals surface area contributed by atoms with Crippen molar-refractivity contribution in [3.8, 4) is 5.69 Å². The quantitative estimate of drug-likeness (QED) is 0.337. The standard InChI is InChI=1S/C29H39N5O6/c1-16-27-23(13-29(3,4)14-24(27)36)33(32-16)18-8-9-20(28(30)38)21(10-18)31-22-12-25(22)40-26(37)11-19(39-17(2)35)15-34(5,6)7/h8-10,19,22,25H,11-15H2,1-7H3,(H2-,30,31,38)/p+1. The number of quaternary nitrogens is 1. The zero-order valence-corrected chi connectivity index (χ0v) is 24.4. The van der Waals surface area contributed by atoms with Crippen LogP contribution < -0.4 is 11.1 Å². The molecular weight excluding hydrogens is 514 g/mol. The minimum Gasteiger partial charge on any atom is -0.460 e. The van der Waals surface area contributed by atoms with Crippen LogP contribution in [0.2, 0.25) is 0 Å². The van der Waals surface area contributed by atoms with Crippen LogP contribution >= 0.6 is 0 Å². The van der Waals surface area contributed by atoms with Gasteiger partial charge in [-0.25, -0.2) is 4.68 Å². The second kappa shape index (κ2) is 10.7. The Labute approximate surface area is 234 Å². The highest BCUT2D eigenvalue weighted by molar-refractivity contribution is 6.00. The average molecular weight is 555 g/mol. The van der Waals surface area contributed by atoms with E-state index in [0.717, 1.165) is 5.69 Å². The highest BCUT2D eigenvalue weighted by Crippen LogP contribution is 2.38. The maximum absolute atomic E-state index is 12.8. The number of benzene rings is 1. The van der Waals surface area contributed by atoms with Gasteiger partial charge in [-0.2, -0.15) is 5.10 Å². The molecule has 1 amide bonds. The molecule has 11 nitrogen and oxygen atoms in total. The number of fused-ring (bicyclic) bond motifs is 1. The summed E-state index contributed by atoms with van der Waals surface area (Å²) in [6, 6.07) is 4.97. The first-order chi connectivity index (χ1) is 18.5. The molecule has 11 heteroatoms. The summed E-state index contributed by atoms with van der Waals surface area (Å²) >= 11 is 0. The number of hydrogen-bond donors (Lipinski definition) is 2. The number of nitrogens with one attached hydrogen (secondary N) is 1. The molecule has 216 valence electrons. The lowest BCUT2D eigenvalue weighted by Crippen LogP contribution is -2.43. The lowest BCUT2D eigenvalue weighted by Gasteiger charge is -2.29. The van der Waals surface area contributed by atoms with Gasteiger partial charge in [-0.15, -0.1) is 0 Å². The molecular formula is C29H40N5O6+. The molecule has 0 radical (unpaired) electrons. The number of nitrogens with two attached hydrogens (primary N) is 1. The van der Waals surface area contributed by atoms with Crippen LogP contribution in [0.3, 0.4) is 0 Å². The Morgan fingerprint density at radius 3 is 2.55 bits per heavy atom. The number of ketones is 1. The molecule has 2 aliphatic carbocycles. The third-order valence-electron chi connectivity index (χ3n) is 7.07. The fraction of sp³-hybridized carbons (Fsp3) is 0.552. The number of aromatic nitrogens is 2. The molecule has 1 aromatic carbocycles. The average Bonchev–Trinajstić information content (AvgIpc) is 3.40. The number of nitrogens with zero attached hydrogens (tertiary/aromatic N) is 3. The van der Waals surface area contributed by atoms with Crippen molar-refractivity contribution in [2.24, 2.45) is 11.1 Å². The van der Waals surface area contributed by atoms with Gasteiger partial charge in [-0.3, -0.25) is 19.2 Å². The van der Waals surface area contributed by atoms with E-state index in [1.807, 2.05) is 28.1 Å². The monoisotopic (exact) mass is 554 g/mol. The minimum absolute atomic E-state index is 0.0425. The molecule has 0 bridgehead atoms. The lowest BCUT2D eigenvalue weighted by molar-refractivity contribution is -0.873. The van der Waals surface area contributed by atoms with Crippen LogP contribution in [-0.4, -0.2) is 83.8 Å². The number of aryl methyl sites for hydroxylation is 1. The van der Waals surface area contributed by atoms with Crippen molar-refractivity contribution in [1.29, 1.82) is 0 Å². The molecule has 1 heterocycles. The Bertz CT molecular complexity index is 1360. The molecule has 4 rings (SSSR count). The molecule has 3 unspecified atom stereocenters. The Hall–Kier alpha value is -3.73. The summed E-state index contributed by atoms with van der Waals surface area (Å²) in [4.78, 5) is 49.2. The molecule has 40 heavy (non-hydrogen) atoms. The van der Waals surface area contributed by atoms with Crippen LogP contribution in [0, 0.1) is 12.3 Å². The molecule has 3 N–H and O–H groups in total. The lowest BCUT2D eigenvalue weighted by atomic mass is 9.75. The number of ether oxygens (including phenoxy) is 2. The maximum Gasteiger partial charge on any atom is 0.310 e. The highest BCUT2D eigenvalue weighted by Gasteiger charge is 2.42. The van der Waals surface area contributed by atoms with Crippen molar-refractivity contribution in [2.75, 3.05) is 33.0 Å². The molecule has 1 aromatic heterocycles. The second-order valence-corrected chi connectivity index (χ2v) is 12.8. The van der Waals surface area contributed by atoms with E-state index >= 15 is 0 Å². The number of amides is 1. The van der Waals surface area contributed by atoms with Gasteiger partial charge >= 0.3 is 11.9 Å². The summed E-state index contributed by atoms with van der Waals surface area (Å²) in [6.07, 6.45) is 0.697. The predicted molar refractivity (Wildman–Crippen MR) is 148 cm³/mol. The molecule has 0 aliphatic heterocycles. The number of Topliss-reactive ketones (excluding diaryl/α,β-unsaturated/α-hetero) is 1. The van der Waals surface area contributed by atoms with Gasteiger partial charge in [0.05, 0.1) is 61.8 Å². The Morgan fingerprint density at radius 1 is 1.23 bits per heavy atom. The summed E-state index contributed by atoms with van der Waals surface area (Å²) in [5.74, 6) is -1.41. The number of carbonyl (C=O) groups is 4. The summed E-state index contributed by atoms with van der Waals surface area (Å²) in [6.45, 7) is 7.75. The predicted octanol–water partition coefficient (Wildman–Crippen LogP) is 2.56. The van der Waals surface area contributed by atoms with Crippen LogP contribution in [0.4, 0.5) is 5.69 Å². The van der Waals surface area contributed by atoms with Gasteiger partial charge < -0.3 is 25.0 Å². The van der Waals surface area contributed by atoms with Crippen molar-refractivity contribution in [1.82, 2.24) is 9.78 Å². The normalized spacial score (nSPS) is 20.3. The first kappa shape index (κ1) is 29.3. The molecule has 3 atom stereocenters. The van der Waals surface area contributed by atoms with Gasteiger partial charge in [0.25, 0.3) is 5.91 Å². The number of anilines is 1. The van der Waals surface area contributed by atoms with E-state index in [2.05, 4.69) is 24.3 Å². The van der Waals surface area contributed by atoms with E-state index in [4.69, 9.17) is 15.2 Å². The number of primary amides is 1. The van der Waals surface area contributed by atoms with Gasteiger partial charge in [-0.1, -0.05) is 13.8 Å². The van der Waals surface area contributed by atoms with E-state index in [1.165, 1.54) is 6.92 Å². The zero-order chi connectivity index (χ0) is 29.6. The van der Waals surface area contributed by atoms with E-state index in [9.17, 15) is 19.2 Å². The van der Waals surface area contributed by atoms with E-state index in [-0.39, 0.29) is 23.7 Å². The Balaban J connectivity index is 1.49. The smallest absolute Gasteiger partial charge is 0.310 e. The first-order valence-electron chi connectivity index (χ1n) is 13.5. The number of rotatable bonds is 10. The third-order valence-corrected chi connectivity index (χ3v) is 7.07. The zero-order valence-electron chi connectivity index (χ0n) is 24.4. The van der Waals surface area contributed by atoms with Crippen molar-refractivity contribution in [2.45, 2.75) is 71.6 Å². The van der Waals surface area contributed by atoms with Crippen molar-refractivity contribution < 1.29 is 33.1 Å². The number of carbonyl (C=O) groups excluding carboxylic acids is 4. The molecule has 1 fully saturated rings. The first-order valence-corrected chi connectivity index (χ1v) is 13.5. The molecule has 2 aliphatic rings. The van der Waals surface area contributed by atoms with Crippen LogP contribution in [0.1, 0.15) is 72.1 Å². The molecule has 1 saturated carbocycles. The van der Waals surface area contributed by atoms with Gasteiger partial charge in [-0.05, 0) is 37.0 Å². The van der Waals surface area contributed by atoms with Gasteiger partial charge in [0, 0.05) is 25.5 Å². The summed E-state index contributed by atoms with van der Waals surface area (Å²) in [5.41, 5.74) is 9.16. The van der Waals surface area contributed by atoms with Crippen LogP contribution in [0.25, 0.3) is 5.69 Å². The van der Waals surface area contributed by atoms with E-state index in [0.29, 0.717) is 58.5 Å². The SMILES string of the molecule is CC(=O)OC(CC(=O)OC1CC1Nc1cc(-n2nc(C)c3c2CC(C)(C)CC3=O)ccc1C(N)=O)C[N+](C)(C)C. The fourth-order valence-electron chi connectivity index (χ4n) is 5.40. The van der Waals surface area contributed by atoms with Crippen LogP contribution in [0.5, 0.6) is 0 Å². The molecule has 0 spiro atoms. The maximum atomic E-state index is 12.8. The van der Waals surface area contributed by atoms with Crippen LogP contribution in [0.15, 0.2) is 18.2 Å². The molecule has 0 saturated heterocycles. The van der Waals surface area contributed by atoms with Crippen molar-refractivity contribution in [3.63, 3.8) is 0 Å². The number of hydrogen-bond acceptors (Lipinski definition) is 8. The Morgan fingerprint density at radius 2 is 1.93 bits per heavy atom. The van der Waals surface area contributed by atoms with Gasteiger partial charge in [0.1, 0.15) is 12.6 Å². The fourth-order valence-corrected chi connectivity index (χ4v) is 5.40. The van der Waals surface area contributed by atoms with Gasteiger partial charge in [0.2, 0.25) is 0 Å². The summed E-state index contributed by atoms with van der Waals surface area (Å²) < 4.78 is 13.3. The second-order valence-electron chi connectivity index (χ2n) is 12.8. The van der Waals surface area contributed by atoms with Gasteiger partial charge in [0.15, 0.2) is 11.9 Å². The number of esters is 2. The largest absolute Gasteiger partial charge is 0.460 e. The van der Waals surface area contributed by atoms with Crippen molar-refractivity contribution >= 4 is 29.3 Å². The third kappa shape index (κ3) is 6.88. The van der Waals surface area contributed by atoms with E-state index < -0.39 is 30.1 Å².